The number of anilines is 3. The summed E-state index contributed by atoms with van der Waals surface area (Å²) in [6.45, 7) is 0. The Balaban J connectivity index is 1.28. The first-order valence-corrected chi connectivity index (χ1v) is 15.9. The average molecular weight is 602 g/mol. The minimum absolute atomic E-state index is 0.851. The van der Waals surface area contributed by atoms with Crippen LogP contribution in [-0.4, -0.2) is 0 Å². The molecule has 0 saturated heterocycles. The fraction of sp³-hybridized carbons (Fsp3) is 0. The van der Waals surface area contributed by atoms with Crippen molar-refractivity contribution in [3.05, 3.63) is 164 Å². The summed E-state index contributed by atoms with van der Waals surface area (Å²) in [6, 6.07) is 57.8. The predicted molar refractivity (Wildman–Crippen MR) is 196 cm³/mol. The molecule has 220 valence electrons. The van der Waals surface area contributed by atoms with Crippen molar-refractivity contribution < 1.29 is 8.83 Å². The van der Waals surface area contributed by atoms with Gasteiger partial charge in [-0.25, -0.2) is 0 Å². The molecule has 0 spiro atoms. The SMILES string of the molecule is c1ccc(-c2ccc(N(c3ccc4ccccc4c3)c3ccc4oc5c6ccccc6ccc5c4c3)c3oc4ccccc4c23)cc1. The zero-order valence-corrected chi connectivity index (χ0v) is 25.4. The van der Waals surface area contributed by atoms with Crippen molar-refractivity contribution in [1.82, 2.24) is 0 Å². The average Bonchev–Trinajstić information content (AvgIpc) is 3.71. The standard InChI is InChI=1S/C44H27NO2/c1-2-11-29(12-3-1)34-23-24-39(44-42(34)37-16-8-9-17-40(37)47-44)45(32-20-18-28-10-4-5-14-31(28)26-32)33-21-25-41-38(27-33)36-22-19-30-13-6-7-15-35(30)43(36)46-41/h1-27H. The van der Waals surface area contributed by atoms with E-state index in [1.807, 2.05) is 6.07 Å². The molecule has 0 unspecified atom stereocenters. The van der Waals surface area contributed by atoms with Crippen molar-refractivity contribution in [3.63, 3.8) is 0 Å². The Labute approximate surface area is 270 Å². The Morgan fingerprint density at radius 2 is 1.04 bits per heavy atom. The highest BCUT2D eigenvalue weighted by Gasteiger charge is 2.23. The quantitative estimate of drug-likeness (QED) is 0.201. The van der Waals surface area contributed by atoms with Gasteiger partial charge < -0.3 is 13.7 Å². The molecule has 0 aliphatic rings. The van der Waals surface area contributed by atoms with E-state index < -0.39 is 0 Å². The molecule has 10 aromatic rings. The molecule has 0 N–H and O–H groups in total. The molecule has 0 bridgehead atoms. The van der Waals surface area contributed by atoms with E-state index in [0.29, 0.717) is 0 Å². The third kappa shape index (κ3) is 4.00. The third-order valence-corrected chi connectivity index (χ3v) is 9.43. The molecule has 0 aliphatic carbocycles. The summed E-state index contributed by atoms with van der Waals surface area (Å²) in [6.07, 6.45) is 0. The monoisotopic (exact) mass is 601 g/mol. The van der Waals surface area contributed by atoms with Crippen LogP contribution < -0.4 is 4.90 Å². The summed E-state index contributed by atoms with van der Waals surface area (Å²) in [7, 11) is 0. The Kier molecular flexibility index (Phi) is 5.57. The van der Waals surface area contributed by atoms with Gasteiger partial charge in [-0.05, 0) is 75.8 Å². The topological polar surface area (TPSA) is 29.5 Å². The second-order valence-corrected chi connectivity index (χ2v) is 12.1. The lowest BCUT2D eigenvalue weighted by atomic mass is 9.98. The first-order valence-electron chi connectivity index (χ1n) is 15.9. The molecule has 0 fully saturated rings. The zero-order chi connectivity index (χ0) is 30.9. The predicted octanol–water partition coefficient (Wildman–Crippen LogP) is 12.9. The lowest BCUT2D eigenvalue weighted by molar-refractivity contribution is 0.669. The molecule has 0 radical (unpaired) electrons. The minimum atomic E-state index is 0.851. The van der Waals surface area contributed by atoms with Crippen LogP contribution in [0.5, 0.6) is 0 Å². The van der Waals surface area contributed by atoms with Crippen LogP contribution in [0, 0.1) is 0 Å². The van der Waals surface area contributed by atoms with E-state index in [9.17, 15) is 0 Å². The van der Waals surface area contributed by atoms with Gasteiger partial charge in [0.05, 0.1) is 5.69 Å². The first kappa shape index (κ1) is 26.0. The van der Waals surface area contributed by atoms with Crippen molar-refractivity contribution in [1.29, 1.82) is 0 Å². The number of benzene rings is 8. The molecule has 0 aliphatic heterocycles. The van der Waals surface area contributed by atoms with Crippen molar-refractivity contribution >= 4 is 82.5 Å². The maximum Gasteiger partial charge on any atom is 0.160 e. The summed E-state index contributed by atoms with van der Waals surface area (Å²) < 4.78 is 13.3. The van der Waals surface area contributed by atoms with Gasteiger partial charge in [0.25, 0.3) is 0 Å². The van der Waals surface area contributed by atoms with Crippen LogP contribution in [0.3, 0.4) is 0 Å². The van der Waals surface area contributed by atoms with E-state index in [0.717, 1.165) is 77.5 Å². The van der Waals surface area contributed by atoms with Gasteiger partial charge in [0.1, 0.15) is 16.7 Å². The lowest BCUT2D eigenvalue weighted by Crippen LogP contribution is -2.10. The van der Waals surface area contributed by atoms with Crippen LogP contribution in [0.1, 0.15) is 0 Å². The first-order chi connectivity index (χ1) is 23.3. The lowest BCUT2D eigenvalue weighted by Gasteiger charge is -2.26. The molecule has 3 heteroatoms. The van der Waals surface area contributed by atoms with E-state index in [-0.39, 0.29) is 0 Å². The fourth-order valence-corrected chi connectivity index (χ4v) is 7.22. The van der Waals surface area contributed by atoms with Gasteiger partial charge in [0.2, 0.25) is 0 Å². The van der Waals surface area contributed by atoms with Gasteiger partial charge in [0, 0.05) is 38.3 Å². The van der Waals surface area contributed by atoms with E-state index in [2.05, 4.69) is 163 Å². The van der Waals surface area contributed by atoms with Crippen LogP contribution in [0.2, 0.25) is 0 Å². The van der Waals surface area contributed by atoms with Crippen LogP contribution in [-0.2, 0) is 0 Å². The van der Waals surface area contributed by atoms with Crippen LogP contribution in [0.15, 0.2) is 173 Å². The van der Waals surface area contributed by atoms with E-state index in [1.54, 1.807) is 0 Å². The van der Waals surface area contributed by atoms with Crippen molar-refractivity contribution in [3.8, 4) is 11.1 Å². The molecule has 0 atom stereocenters. The molecule has 10 rings (SSSR count). The van der Waals surface area contributed by atoms with E-state index >= 15 is 0 Å². The van der Waals surface area contributed by atoms with Gasteiger partial charge in [0.15, 0.2) is 5.58 Å². The Hall–Kier alpha value is -6.32. The maximum absolute atomic E-state index is 6.79. The summed E-state index contributed by atoms with van der Waals surface area (Å²) in [5.41, 5.74) is 8.86. The van der Waals surface area contributed by atoms with E-state index in [4.69, 9.17) is 8.83 Å². The van der Waals surface area contributed by atoms with Crippen molar-refractivity contribution in [2.45, 2.75) is 0 Å². The molecule has 2 heterocycles. The second-order valence-electron chi connectivity index (χ2n) is 12.1. The van der Waals surface area contributed by atoms with Crippen LogP contribution in [0.25, 0.3) is 76.5 Å². The molecule has 47 heavy (non-hydrogen) atoms. The van der Waals surface area contributed by atoms with Crippen molar-refractivity contribution in [2.75, 3.05) is 4.90 Å². The highest BCUT2D eigenvalue weighted by Crippen LogP contribution is 2.47. The van der Waals surface area contributed by atoms with Gasteiger partial charge in [-0.1, -0.05) is 115 Å². The Morgan fingerprint density at radius 1 is 0.383 bits per heavy atom. The molecule has 0 saturated carbocycles. The fourth-order valence-electron chi connectivity index (χ4n) is 7.22. The third-order valence-electron chi connectivity index (χ3n) is 9.43. The largest absolute Gasteiger partial charge is 0.455 e. The molecule has 3 nitrogen and oxygen atoms in total. The van der Waals surface area contributed by atoms with Gasteiger partial charge in [-0.3, -0.25) is 0 Å². The van der Waals surface area contributed by atoms with Crippen molar-refractivity contribution in [2.24, 2.45) is 0 Å². The Bertz CT molecular complexity index is 2810. The summed E-state index contributed by atoms with van der Waals surface area (Å²) in [5.74, 6) is 0. The molecule has 8 aromatic carbocycles. The van der Waals surface area contributed by atoms with Crippen LogP contribution >= 0.6 is 0 Å². The number of para-hydroxylation sites is 1. The highest BCUT2D eigenvalue weighted by molar-refractivity contribution is 6.18. The number of nitrogens with zero attached hydrogens (tertiary/aromatic N) is 1. The summed E-state index contributed by atoms with van der Waals surface area (Å²) in [4.78, 5) is 2.32. The highest BCUT2D eigenvalue weighted by atomic mass is 16.3. The smallest absolute Gasteiger partial charge is 0.160 e. The molecular formula is C44H27NO2. The maximum atomic E-state index is 6.79. The molecule has 2 aromatic heterocycles. The van der Waals surface area contributed by atoms with Gasteiger partial charge in [-0.15, -0.1) is 0 Å². The summed E-state index contributed by atoms with van der Waals surface area (Å²) >= 11 is 0. The second kappa shape index (κ2) is 10.1. The molecular weight excluding hydrogens is 574 g/mol. The number of rotatable bonds is 4. The normalized spacial score (nSPS) is 11.8. The minimum Gasteiger partial charge on any atom is -0.455 e. The number of hydrogen-bond donors (Lipinski definition) is 0. The van der Waals surface area contributed by atoms with E-state index in [1.165, 1.54) is 16.2 Å². The van der Waals surface area contributed by atoms with Crippen LogP contribution in [0.4, 0.5) is 17.1 Å². The number of hydrogen-bond acceptors (Lipinski definition) is 3. The van der Waals surface area contributed by atoms with Gasteiger partial charge in [-0.2, -0.15) is 0 Å². The number of fused-ring (bicyclic) bond motifs is 9. The number of furan rings is 2. The summed E-state index contributed by atoms with van der Waals surface area (Å²) in [5, 5.41) is 9.06. The van der Waals surface area contributed by atoms with Gasteiger partial charge >= 0.3 is 0 Å². The molecule has 0 amide bonds. The Morgan fingerprint density at radius 3 is 1.94 bits per heavy atom. The zero-order valence-electron chi connectivity index (χ0n) is 25.4.